The van der Waals surface area contributed by atoms with Crippen molar-refractivity contribution in [1.29, 1.82) is 0 Å². The van der Waals surface area contributed by atoms with E-state index in [0.717, 1.165) is 16.8 Å². The summed E-state index contributed by atoms with van der Waals surface area (Å²) in [7, 11) is 4.48. The molecule has 1 heterocycles. The van der Waals surface area contributed by atoms with Crippen molar-refractivity contribution < 1.29 is 33.3 Å². The molecule has 0 aromatic heterocycles. The maximum atomic E-state index is 13.7. The molecule has 2 aromatic rings. The zero-order valence-corrected chi connectivity index (χ0v) is 21.7. The Morgan fingerprint density at radius 2 is 1.59 bits per heavy atom. The fourth-order valence-corrected chi connectivity index (χ4v) is 5.12. The van der Waals surface area contributed by atoms with Gasteiger partial charge < -0.3 is 24.3 Å². The van der Waals surface area contributed by atoms with Gasteiger partial charge in [-0.1, -0.05) is 18.2 Å². The summed E-state index contributed by atoms with van der Waals surface area (Å²) in [6, 6.07) is 12.5. The molecule has 1 aliphatic heterocycles. The summed E-state index contributed by atoms with van der Waals surface area (Å²) in [6.45, 7) is 3.77. The van der Waals surface area contributed by atoms with E-state index in [9.17, 15) is 14.4 Å². The quantitative estimate of drug-likeness (QED) is 0.552. The predicted octanol–water partition coefficient (Wildman–Crippen LogP) is 4.42. The summed E-state index contributed by atoms with van der Waals surface area (Å²) in [5.41, 5.74) is 4.44. The van der Waals surface area contributed by atoms with E-state index in [2.05, 4.69) is 5.32 Å². The molecule has 2 atom stereocenters. The highest BCUT2D eigenvalue weighted by Gasteiger charge is 2.41. The molecular weight excluding hydrogens is 474 g/mol. The van der Waals surface area contributed by atoms with Crippen LogP contribution in [0.3, 0.4) is 0 Å². The third-order valence-electron chi connectivity index (χ3n) is 6.87. The molecule has 2 aromatic carbocycles. The molecule has 0 bridgehead atoms. The van der Waals surface area contributed by atoms with E-state index >= 15 is 0 Å². The van der Waals surface area contributed by atoms with E-state index in [1.54, 1.807) is 45.4 Å². The van der Waals surface area contributed by atoms with Gasteiger partial charge in [-0.05, 0) is 61.6 Å². The molecule has 1 N–H and O–H groups in total. The third kappa shape index (κ3) is 4.96. The molecule has 0 amide bonds. The van der Waals surface area contributed by atoms with Crippen LogP contribution in [-0.4, -0.2) is 45.7 Å². The Morgan fingerprint density at radius 1 is 0.919 bits per heavy atom. The lowest BCUT2D eigenvalue weighted by atomic mass is 9.71. The number of allylic oxidation sites excluding steroid dienone is 3. The lowest BCUT2D eigenvalue weighted by Gasteiger charge is -2.36. The van der Waals surface area contributed by atoms with Crippen LogP contribution < -0.4 is 14.8 Å². The fourth-order valence-electron chi connectivity index (χ4n) is 5.12. The van der Waals surface area contributed by atoms with Gasteiger partial charge in [0, 0.05) is 29.3 Å². The van der Waals surface area contributed by atoms with Crippen molar-refractivity contribution in [1.82, 2.24) is 5.32 Å². The summed E-state index contributed by atoms with van der Waals surface area (Å²) in [6.07, 6.45) is 0.864. The summed E-state index contributed by atoms with van der Waals surface area (Å²) < 4.78 is 21.0. The van der Waals surface area contributed by atoms with Crippen LogP contribution in [-0.2, 0) is 19.1 Å². The van der Waals surface area contributed by atoms with Gasteiger partial charge in [0.25, 0.3) is 0 Å². The lowest BCUT2D eigenvalue weighted by molar-refractivity contribution is -0.138. The number of methoxy groups -OCH3 is 3. The molecule has 0 saturated heterocycles. The zero-order valence-electron chi connectivity index (χ0n) is 21.7. The fraction of sp³-hybridized carbons (Fsp3) is 0.345. The number of dihydropyridines is 1. The minimum atomic E-state index is -0.610. The number of Topliss-reactive ketones (excluding diaryl/α,β-unsaturated/α-hetero) is 1. The van der Waals surface area contributed by atoms with Crippen LogP contribution in [0.5, 0.6) is 11.5 Å². The summed E-state index contributed by atoms with van der Waals surface area (Å²) in [5, 5.41) is 3.34. The van der Waals surface area contributed by atoms with Gasteiger partial charge in [0.05, 0.1) is 39.1 Å². The van der Waals surface area contributed by atoms with Crippen molar-refractivity contribution in [2.75, 3.05) is 27.9 Å². The highest BCUT2D eigenvalue weighted by molar-refractivity contribution is 6.04. The summed E-state index contributed by atoms with van der Waals surface area (Å²) >= 11 is 0. The second kappa shape index (κ2) is 10.9. The van der Waals surface area contributed by atoms with Gasteiger partial charge in [-0.25, -0.2) is 9.59 Å². The molecule has 0 unspecified atom stereocenters. The number of carbonyl (C=O) groups is 3. The molecule has 0 radical (unpaired) electrons. The number of carbonyl (C=O) groups excluding carboxylic acids is 3. The van der Waals surface area contributed by atoms with Crippen LogP contribution in [0.1, 0.15) is 60.0 Å². The number of ether oxygens (including phenoxy) is 4. The first-order valence-electron chi connectivity index (χ1n) is 12.1. The Labute approximate surface area is 216 Å². The predicted molar refractivity (Wildman–Crippen MR) is 137 cm³/mol. The molecule has 4 rings (SSSR count). The lowest BCUT2D eigenvalue weighted by Crippen LogP contribution is -2.36. The van der Waals surface area contributed by atoms with Crippen molar-refractivity contribution in [3.05, 3.63) is 81.7 Å². The highest BCUT2D eigenvalue weighted by atomic mass is 16.5. The van der Waals surface area contributed by atoms with Crippen molar-refractivity contribution in [3.8, 4) is 11.5 Å². The molecule has 0 fully saturated rings. The van der Waals surface area contributed by atoms with Crippen molar-refractivity contribution >= 4 is 17.7 Å². The average molecular weight is 506 g/mol. The molecular formula is C29H31NO7. The third-order valence-corrected chi connectivity index (χ3v) is 6.87. The first-order valence-corrected chi connectivity index (χ1v) is 12.1. The number of esters is 2. The molecule has 37 heavy (non-hydrogen) atoms. The second-order valence-corrected chi connectivity index (χ2v) is 8.97. The van der Waals surface area contributed by atoms with E-state index in [-0.39, 0.29) is 24.7 Å². The van der Waals surface area contributed by atoms with E-state index in [4.69, 9.17) is 18.9 Å². The number of hydrogen-bond donors (Lipinski definition) is 1. The van der Waals surface area contributed by atoms with Gasteiger partial charge in [-0.15, -0.1) is 0 Å². The smallest absolute Gasteiger partial charge is 0.337 e. The van der Waals surface area contributed by atoms with Gasteiger partial charge in [0.1, 0.15) is 0 Å². The van der Waals surface area contributed by atoms with Gasteiger partial charge in [-0.3, -0.25) is 4.79 Å². The van der Waals surface area contributed by atoms with Crippen molar-refractivity contribution in [2.24, 2.45) is 0 Å². The van der Waals surface area contributed by atoms with Crippen LogP contribution in [0.25, 0.3) is 0 Å². The van der Waals surface area contributed by atoms with Gasteiger partial charge in [-0.2, -0.15) is 0 Å². The van der Waals surface area contributed by atoms with E-state index in [1.165, 1.54) is 7.11 Å². The largest absolute Gasteiger partial charge is 0.493 e. The normalized spacial score (nSPS) is 19.1. The van der Waals surface area contributed by atoms with Crippen molar-refractivity contribution in [2.45, 2.75) is 38.5 Å². The standard InChI is InChI=1S/C29H31NO7/c1-6-37-29(33)25-16(2)30-21-13-20(19-11-12-23(34-3)24(15-19)35-4)14-22(31)27(21)26(25)17-7-9-18(10-8-17)28(32)36-5/h7-12,15,20,26,30H,6,13-14H2,1-5H3/t20-,26+/m0/s1. The Morgan fingerprint density at radius 3 is 2.22 bits per heavy atom. The van der Waals surface area contributed by atoms with Gasteiger partial charge in [0.15, 0.2) is 17.3 Å². The number of rotatable bonds is 7. The van der Waals surface area contributed by atoms with E-state index in [0.29, 0.717) is 40.3 Å². The number of nitrogens with one attached hydrogen (secondary N) is 1. The molecule has 1 aliphatic carbocycles. The maximum absolute atomic E-state index is 13.7. The summed E-state index contributed by atoms with van der Waals surface area (Å²) in [4.78, 5) is 38.7. The minimum absolute atomic E-state index is 0.0510. The molecule has 8 nitrogen and oxygen atoms in total. The van der Waals surface area contributed by atoms with Gasteiger partial charge >= 0.3 is 11.9 Å². The van der Waals surface area contributed by atoms with Gasteiger partial charge in [0.2, 0.25) is 0 Å². The van der Waals surface area contributed by atoms with E-state index < -0.39 is 17.9 Å². The first-order chi connectivity index (χ1) is 17.8. The SMILES string of the molecule is CCOC(=O)C1=C(C)NC2=C(C(=O)C[C@@H](c3ccc(OC)c(OC)c3)C2)[C@@H]1c1ccc(C(=O)OC)cc1. The van der Waals surface area contributed by atoms with E-state index in [1.807, 2.05) is 25.1 Å². The molecule has 0 spiro atoms. The molecule has 194 valence electrons. The Bertz CT molecular complexity index is 1290. The molecule has 0 saturated carbocycles. The van der Waals surface area contributed by atoms with Crippen molar-refractivity contribution in [3.63, 3.8) is 0 Å². The van der Waals surface area contributed by atoms with Crippen LogP contribution in [0.15, 0.2) is 65.0 Å². The monoisotopic (exact) mass is 505 g/mol. The van der Waals surface area contributed by atoms with Crippen LogP contribution in [0.4, 0.5) is 0 Å². The number of hydrogen-bond acceptors (Lipinski definition) is 8. The van der Waals surface area contributed by atoms with Crippen LogP contribution in [0.2, 0.25) is 0 Å². The molecule has 2 aliphatic rings. The zero-order chi connectivity index (χ0) is 26.7. The summed E-state index contributed by atoms with van der Waals surface area (Å²) in [5.74, 6) is -0.439. The number of benzene rings is 2. The maximum Gasteiger partial charge on any atom is 0.337 e. The first kappa shape index (κ1) is 26.0. The Hall–Kier alpha value is -4.07. The second-order valence-electron chi connectivity index (χ2n) is 8.97. The molecule has 8 heteroatoms. The number of ketones is 1. The minimum Gasteiger partial charge on any atom is -0.493 e. The highest BCUT2D eigenvalue weighted by Crippen LogP contribution is 2.46. The topological polar surface area (TPSA) is 100 Å². The van der Waals surface area contributed by atoms with Crippen LogP contribution in [0, 0.1) is 0 Å². The van der Waals surface area contributed by atoms with Crippen LogP contribution >= 0.6 is 0 Å². The Balaban J connectivity index is 1.77. The average Bonchev–Trinajstić information content (AvgIpc) is 2.91. The Kier molecular flexibility index (Phi) is 7.66.